The van der Waals surface area contributed by atoms with Crippen molar-refractivity contribution in [2.45, 2.75) is 97.2 Å². The van der Waals surface area contributed by atoms with Crippen LogP contribution in [-0.2, 0) is 4.74 Å². The zero-order chi connectivity index (χ0) is 14.4. The molecule has 1 aliphatic rings. The van der Waals surface area contributed by atoms with Gasteiger partial charge in [-0.05, 0) is 44.4 Å². The molecule has 0 saturated heterocycles. The molecular formula is C17H34O2. The van der Waals surface area contributed by atoms with Crippen molar-refractivity contribution in [3.8, 4) is 0 Å². The van der Waals surface area contributed by atoms with E-state index in [9.17, 15) is 5.11 Å². The maximum absolute atomic E-state index is 10.6. The molecule has 2 nitrogen and oxygen atoms in total. The minimum atomic E-state index is -0.277. The zero-order valence-electron chi connectivity index (χ0n) is 13.5. The van der Waals surface area contributed by atoms with Crippen molar-refractivity contribution in [3.05, 3.63) is 0 Å². The van der Waals surface area contributed by atoms with Gasteiger partial charge in [-0.3, -0.25) is 0 Å². The quantitative estimate of drug-likeness (QED) is 0.648. The molecule has 2 heteroatoms. The Hall–Kier alpha value is -0.0800. The average molecular weight is 270 g/mol. The summed E-state index contributed by atoms with van der Waals surface area (Å²) in [5.74, 6) is 0. The van der Waals surface area contributed by atoms with Crippen molar-refractivity contribution in [1.82, 2.24) is 0 Å². The summed E-state index contributed by atoms with van der Waals surface area (Å²) in [6.45, 7) is 9.64. The van der Waals surface area contributed by atoms with Crippen LogP contribution in [0.15, 0.2) is 0 Å². The highest BCUT2D eigenvalue weighted by molar-refractivity contribution is 4.95. The highest BCUT2D eigenvalue weighted by Crippen LogP contribution is 2.44. The highest BCUT2D eigenvalue weighted by atomic mass is 16.5. The third kappa shape index (κ3) is 5.07. The fourth-order valence-corrected chi connectivity index (χ4v) is 3.24. The minimum Gasteiger partial charge on any atom is -0.390 e. The van der Waals surface area contributed by atoms with Gasteiger partial charge in [0.1, 0.15) is 0 Å². The topological polar surface area (TPSA) is 29.5 Å². The van der Waals surface area contributed by atoms with Crippen molar-refractivity contribution in [3.63, 3.8) is 0 Å². The van der Waals surface area contributed by atoms with E-state index >= 15 is 0 Å². The number of hydrogen-bond donors (Lipinski definition) is 1. The predicted molar refractivity (Wildman–Crippen MR) is 81.4 cm³/mol. The van der Waals surface area contributed by atoms with Crippen molar-refractivity contribution < 1.29 is 9.84 Å². The van der Waals surface area contributed by atoms with Crippen LogP contribution in [-0.4, -0.2) is 23.4 Å². The Balaban J connectivity index is 2.51. The Morgan fingerprint density at radius 1 is 1.00 bits per heavy atom. The van der Waals surface area contributed by atoms with E-state index in [2.05, 4.69) is 20.8 Å². The summed E-state index contributed by atoms with van der Waals surface area (Å²) < 4.78 is 6.03. The van der Waals surface area contributed by atoms with Crippen molar-refractivity contribution in [2.75, 3.05) is 6.61 Å². The van der Waals surface area contributed by atoms with E-state index in [-0.39, 0.29) is 11.7 Å². The van der Waals surface area contributed by atoms with Gasteiger partial charge in [-0.2, -0.15) is 0 Å². The molecule has 1 atom stereocenters. The van der Waals surface area contributed by atoms with Crippen LogP contribution in [0.3, 0.4) is 0 Å². The molecule has 0 radical (unpaired) electrons. The van der Waals surface area contributed by atoms with Gasteiger partial charge in [0.05, 0.1) is 11.7 Å². The second-order valence-electron chi connectivity index (χ2n) is 7.03. The summed E-state index contributed by atoms with van der Waals surface area (Å²) in [5.41, 5.74) is 0.166. The SMILES string of the molecule is CCCCCCC(O)C1(OCC)CCC(C)(C)CC1. The van der Waals surface area contributed by atoms with E-state index < -0.39 is 0 Å². The van der Waals surface area contributed by atoms with Gasteiger partial charge >= 0.3 is 0 Å². The first-order valence-corrected chi connectivity index (χ1v) is 8.28. The van der Waals surface area contributed by atoms with Gasteiger partial charge in [0, 0.05) is 6.61 Å². The number of aliphatic hydroxyl groups excluding tert-OH is 1. The van der Waals surface area contributed by atoms with Gasteiger partial charge in [-0.1, -0.05) is 46.5 Å². The molecule has 0 bridgehead atoms. The van der Waals surface area contributed by atoms with E-state index in [4.69, 9.17) is 4.74 Å². The molecule has 0 heterocycles. The molecular weight excluding hydrogens is 236 g/mol. The predicted octanol–water partition coefficient (Wildman–Crippen LogP) is 4.69. The molecule has 1 fully saturated rings. The molecule has 0 aromatic rings. The second kappa shape index (κ2) is 7.64. The summed E-state index contributed by atoms with van der Waals surface area (Å²) in [6, 6.07) is 0. The van der Waals surface area contributed by atoms with E-state index in [1.165, 1.54) is 32.1 Å². The van der Waals surface area contributed by atoms with Gasteiger partial charge in [-0.15, -0.1) is 0 Å². The van der Waals surface area contributed by atoms with Crippen molar-refractivity contribution in [1.29, 1.82) is 0 Å². The van der Waals surface area contributed by atoms with Gasteiger partial charge in [0.2, 0.25) is 0 Å². The number of rotatable bonds is 8. The Morgan fingerprint density at radius 3 is 2.16 bits per heavy atom. The fraction of sp³-hybridized carbons (Fsp3) is 1.00. The molecule has 114 valence electrons. The summed E-state index contributed by atoms with van der Waals surface area (Å²) in [7, 11) is 0. The van der Waals surface area contributed by atoms with E-state index in [1.807, 2.05) is 6.92 Å². The number of hydrogen-bond acceptors (Lipinski definition) is 2. The first kappa shape index (κ1) is 17.0. The Kier molecular flexibility index (Phi) is 6.82. The number of aliphatic hydroxyl groups is 1. The van der Waals surface area contributed by atoms with Gasteiger partial charge in [0.25, 0.3) is 0 Å². The molecule has 0 aromatic heterocycles. The lowest BCUT2D eigenvalue weighted by molar-refractivity contribution is -0.153. The Labute approximate surface area is 119 Å². The summed E-state index contributed by atoms with van der Waals surface area (Å²) in [5, 5.41) is 10.6. The highest BCUT2D eigenvalue weighted by Gasteiger charge is 2.43. The van der Waals surface area contributed by atoms with Crippen LogP contribution in [0.5, 0.6) is 0 Å². The van der Waals surface area contributed by atoms with Gasteiger partial charge < -0.3 is 9.84 Å². The molecule has 0 aromatic carbocycles. The van der Waals surface area contributed by atoms with Crippen LogP contribution >= 0.6 is 0 Å². The summed E-state index contributed by atoms with van der Waals surface area (Å²) in [4.78, 5) is 0. The zero-order valence-corrected chi connectivity index (χ0v) is 13.5. The first-order valence-electron chi connectivity index (χ1n) is 8.28. The number of ether oxygens (including phenoxy) is 1. The maximum atomic E-state index is 10.6. The van der Waals surface area contributed by atoms with Crippen LogP contribution in [0, 0.1) is 5.41 Å². The number of unbranched alkanes of at least 4 members (excludes halogenated alkanes) is 3. The summed E-state index contributed by atoms with van der Waals surface area (Å²) in [6.07, 6.45) is 9.89. The molecule has 1 N–H and O–H groups in total. The van der Waals surface area contributed by atoms with Gasteiger partial charge in [-0.25, -0.2) is 0 Å². The van der Waals surface area contributed by atoms with Crippen LogP contribution < -0.4 is 0 Å². The third-order valence-corrected chi connectivity index (χ3v) is 4.82. The second-order valence-corrected chi connectivity index (χ2v) is 7.03. The van der Waals surface area contributed by atoms with E-state index in [1.54, 1.807) is 0 Å². The van der Waals surface area contributed by atoms with Gasteiger partial charge in [0.15, 0.2) is 0 Å². The third-order valence-electron chi connectivity index (χ3n) is 4.82. The molecule has 1 rings (SSSR count). The summed E-state index contributed by atoms with van der Waals surface area (Å²) >= 11 is 0. The smallest absolute Gasteiger partial charge is 0.0940 e. The molecule has 19 heavy (non-hydrogen) atoms. The van der Waals surface area contributed by atoms with Crippen LogP contribution in [0.25, 0.3) is 0 Å². The lowest BCUT2D eigenvalue weighted by atomic mass is 9.68. The van der Waals surface area contributed by atoms with Crippen LogP contribution in [0.2, 0.25) is 0 Å². The normalized spacial score (nSPS) is 23.2. The molecule has 0 spiro atoms. The fourth-order valence-electron chi connectivity index (χ4n) is 3.24. The maximum Gasteiger partial charge on any atom is 0.0940 e. The molecule has 1 unspecified atom stereocenters. The van der Waals surface area contributed by atoms with E-state index in [0.717, 1.165) is 25.7 Å². The molecule has 0 aliphatic heterocycles. The lowest BCUT2D eigenvalue weighted by Crippen LogP contribution is -2.49. The largest absolute Gasteiger partial charge is 0.390 e. The lowest BCUT2D eigenvalue weighted by Gasteiger charge is -2.46. The molecule has 1 saturated carbocycles. The molecule has 1 aliphatic carbocycles. The Morgan fingerprint density at radius 2 is 1.63 bits per heavy atom. The first-order chi connectivity index (χ1) is 8.96. The van der Waals surface area contributed by atoms with E-state index in [0.29, 0.717) is 12.0 Å². The monoisotopic (exact) mass is 270 g/mol. The van der Waals surface area contributed by atoms with Crippen molar-refractivity contribution in [2.24, 2.45) is 5.41 Å². The molecule has 0 amide bonds. The van der Waals surface area contributed by atoms with Crippen molar-refractivity contribution >= 4 is 0 Å². The minimum absolute atomic E-state index is 0.253. The average Bonchev–Trinajstić information content (AvgIpc) is 2.37. The standard InChI is InChI=1S/C17H34O2/c1-5-7-8-9-10-15(18)17(19-6-2)13-11-16(3,4)12-14-17/h15,18H,5-14H2,1-4H3. The Bertz CT molecular complexity index is 238. The van der Waals surface area contributed by atoms with Crippen LogP contribution in [0.4, 0.5) is 0 Å². The van der Waals surface area contributed by atoms with Crippen LogP contribution in [0.1, 0.15) is 85.5 Å².